The second-order valence-electron chi connectivity index (χ2n) is 10.4. The minimum atomic E-state index is -0.420. The molecule has 2 aliphatic heterocycles. The highest BCUT2D eigenvalue weighted by Crippen LogP contribution is 2.28. The van der Waals surface area contributed by atoms with Gasteiger partial charge >= 0.3 is 0 Å². The Kier molecular flexibility index (Phi) is 7.59. The van der Waals surface area contributed by atoms with E-state index < -0.39 is 5.82 Å². The predicted octanol–water partition coefficient (Wildman–Crippen LogP) is 3.00. The zero-order valence-electron chi connectivity index (χ0n) is 22.5. The van der Waals surface area contributed by atoms with Gasteiger partial charge in [0.15, 0.2) is 0 Å². The van der Waals surface area contributed by atoms with E-state index in [2.05, 4.69) is 27.0 Å². The minimum absolute atomic E-state index is 0.146. The third kappa shape index (κ3) is 5.63. The Bertz CT molecular complexity index is 1540. The number of benzene rings is 2. The molecule has 0 saturated carbocycles. The topological polar surface area (TPSA) is 79.9 Å². The molecule has 0 bridgehead atoms. The number of fused-ring (bicyclic) bond motifs is 1. The molecule has 2 saturated heterocycles. The van der Waals surface area contributed by atoms with E-state index in [9.17, 15) is 9.18 Å². The monoisotopic (exact) mass is 550 g/mol. The number of nitrogens with zero attached hydrogens (tertiary/aromatic N) is 6. The van der Waals surface area contributed by atoms with Gasteiger partial charge in [0.05, 0.1) is 36.4 Å². The standard InChI is InChI=1S/C29H32F2N6O3/c1-34-6-9-36(10-7-34)26-18-25-22(17-24(26)31)28(38)23(19-37(25)11-8-35-12-14-39-15-13-35)29-32-27(40-33-29)16-20-2-4-21(30)5-3-20/h2-5,17-19H,6-16H2,1H3. The van der Waals surface area contributed by atoms with Crippen molar-refractivity contribution in [2.24, 2.45) is 0 Å². The quantitative estimate of drug-likeness (QED) is 0.348. The molecular weight excluding hydrogens is 518 g/mol. The van der Waals surface area contributed by atoms with Gasteiger partial charge in [-0.3, -0.25) is 9.69 Å². The Morgan fingerprint density at radius 1 is 0.950 bits per heavy atom. The molecule has 0 spiro atoms. The third-order valence-corrected chi connectivity index (χ3v) is 7.73. The summed E-state index contributed by atoms with van der Waals surface area (Å²) < 4.78 is 41.7. The lowest BCUT2D eigenvalue weighted by molar-refractivity contribution is 0.0365. The van der Waals surface area contributed by atoms with E-state index in [0.717, 1.165) is 38.3 Å². The Morgan fingerprint density at radius 3 is 2.45 bits per heavy atom. The fourth-order valence-corrected chi connectivity index (χ4v) is 5.32. The second-order valence-corrected chi connectivity index (χ2v) is 10.4. The summed E-state index contributed by atoms with van der Waals surface area (Å²) in [6.07, 6.45) is 2.05. The number of aromatic nitrogens is 3. The smallest absolute Gasteiger partial charge is 0.231 e. The van der Waals surface area contributed by atoms with E-state index in [1.165, 1.54) is 18.2 Å². The Balaban J connectivity index is 1.37. The average molecular weight is 551 g/mol. The van der Waals surface area contributed by atoms with Gasteiger partial charge < -0.3 is 23.6 Å². The molecule has 0 unspecified atom stereocenters. The molecule has 2 aliphatic rings. The summed E-state index contributed by atoms with van der Waals surface area (Å²) in [5, 5.41) is 4.35. The summed E-state index contributed by atoms with van der Waals surface area (Å²) in [5.41, 5.74) is 1.88. The molecule has 9 nitrogen and oxygen atoms in total. The van der Waals surface area contributed by atoms with Gasteiger partial charge in [-0.15, -0.1) is 0 Å². The van der Waals surface area contributed by atoms with Gasteiger partial charge in [0.25, 0.3) is 0 Å². The summed E-state index contributed by atoms with van der Waals surface area (Å²) in [6, 6.07) is 9.18. The largest absolute Gasteiger partial charge is 0.379 e. The number of piperazine rings is 1. The van der Waals surface area contributed by atoms with Crippen molar-refractivity contribution in [1.29, 1.82) is 0 Å². The fourth-order valence-electron chi connectivity index (χ4n) is 5.32. The van der Waals surface area contributed by atoms with Crippen molar-refractivity contribution in [3.8, 4) is 11.4 Å². The second kappa shape index (κ2) is 11.4. The summed E-state index contributed by atoms with van der Waals surface area (Å²) in [5.74, 6) is -0.298. The van der Waals surface area contributed by atoms with Crippen molar-refractivity contribution < 1.29 is 18.0 Å². The van der Waals surface area contributed by atoms with Crippen LogP contribution in [0.5, 0.6) is 0 Å². The summed E-state index contributed by atoms with van der Waals surface area (Å²) in [4.78, 5) is 24.7. The maximum absolute atomic E-state index is 15.5. The Morgan fingerprint density at radius 2 is 1.70 bits per heavy atom. The van der Waals surface area contributed by atoms with Crippen molar-refractivity contribution in [2.75, 3.05) is 71.0 Å². The first-order valence-corrected chi connectivity index (χ1v) is 13.6. The highest BCUT2D eigenvalue weighted by Gasteiger charge is 2.22. The van der Waals surface area contributed by atoms with Gasteiger partial charge in [0.2, 0.25) is 17.1 Å². The van der Waals surface area contributed by atoms with E-state index in [0.29, 0.717) is 56.4 Å². The van der Waals surface area contributed by atoms with Crippen molar-refractivity contribution in [2.45, 2.75) is 13.0 Å². The number of rotatable bonds is 7. The van der Waals surface area contributed by atoms with Crippen LogP contribution in [0.15, 0.2) is 51.9 Å². The van der Waals surface area contributed by atoms with Crippen molar-refractivity contribution >= 4 is 16.6 Å². The molecule has 40 heavy (non-hydrogen) atoms. The molecule has 0 radical (unpaired) electrons. The Labute approximate surface area is 230 Å². The van der Waals surface area contributed by atoms with Crippen molar-refractivity contribution in [3.63, 3.8) is 0 Å². The normalized spacial score (nSPS) is 17.1. The van der Waals surface area contributed by atoms with E-state index >= 15 is 4.39 Å². The highest BCUT2D eigenvalue weighted by atomic mass is 19.1. The van der Waals surface area contributed by atoms with Crippen LogP contribution < -0.4 is 10.3 Å². The molecule has 0 aliphatic carbocycles. The van der Waals surface area contributed by atoms with E-state index in [-0.39, 0.29) is 28.0 Å². The molecule has 0 atom stereocenters. The van der Waals surface area contributed by atoms with Crippen LogP contribution in [0.1, 0.15) is 11.5 Å². The number of anilines is 1. The molecule has 4 heterocycles. The number of hydrogen-bond donors (Lipinski definition) is 0. The van der Waals surface area contributed by atoms with Crippen LogP contribution in [0.2, 0.25) is 0 Å². The number of halogens is 2. The van der Waals surface area contributed by atoms with Crippen molar-refractivity contribution in [3.05, 3.63) is 75.9 Å². The number of pyridine rings is 1. The molecule has 210 valence electrons. The maximum atomic E-state index is 15.5. The highest BCUT2D eigenvalue weighted by molar-refractivity contribution is 5.86. The van der Waals surface area contributed by atoms with Crippen LogP contribution in [0.3, 0.4) is 0 Å². The van der Waals surface area contributed by atoms with E-state index in [1.54, 1.807) is 24.4 Å². The molecule has 0 N–H and O–H groups in total. The molecular formula is C29H32F2N6O3. The van der Waals surface area contributed by atoms with Crippen LogP contribution in [0, 0.1) is 11.6 Å². The number of morpholine rings is 1. The molecule has 6 rings (SSSR count). The molecule has 11 heteroatoms. The molecule has 2 aromatic carbocycles. The van der Waals surface area contributed by atoms with Gasteiger partial charge in [-0.2, -0.15) is 4.98 Å². The minimum Gasteiger partial charge on any atom is -0.379 e. The summed E-state index contributed by atoms with van der Waals surface area (Å²) >= 11 is 0. The molecule has 2 fully saturated rings. The van der Waals surface area contributed by atoms with Crippen molar-refractivity contribution in [1.82, 2.24) is 24.5 Å². The maximum Gasteiger partial charge on any atom is 0.231 e. The fraction of sp³-hybridized carbons (Fsp3) is 0.414. The van der Waals surface area contributed by atoms with Crippen LogP contribution in [-0.4, -0.2) is 90.6 Å². The van der Waals surface area contributed by atoms with Crippen LogP contribution >= 0.6 is 0 Å². The first-order valence-electron chi connectivity index (χ1n) is 13.6. The van der Waals surface area contributed by atoms with Gasteiger partial charge in [-0.05, 0) is 36.9 Å². The lowest BCUT2D eigenvalue weighted by Crippen LogP contribution is -2.44. The van der Waals surface area contributed by atoms with E-state index in [4.69, 9.17) is 9.26 Å². The van der Waals surface area contributed by atoms with Gasteiger partial charge in [-0.25, -0.2) is 8.78 Å². The number of hydrogen-bond acceptors (Lipinski definition) is 8. The number of likely N-dealkylation sites (N-methyl/N-ethyl adjacent to an activating group) is 1. The molecule has 0 amide bonds. The first-order chi connectivity index (χ1) is 19.4. The van der Waals surface area contributed by atoms with Gasteiger partial charge in [0.1, 0.15) is 11.6 Å². The predicted molar refractivity (Wildman–Crippen MR) is 148 cm³/mol. The third-order valence-electron chi connectivity index (χ3n) is 7.73. The SMILES string of the molecule is CN1CCN(c2cc3c(cc2F)c(=O)c(-c2noc(Cc4ccc(F)cc4)n2)cn3CCN2CCOCC2)CC1. The summed E-state index contributed by atoms with van der Waals surface area (Å²) in [6.45, 7) is 7.53. The zero-order chi connectivity index (χ0) is 27.6. The van der Waals surface area contributed by atoms with E-state index in [1.807, 2.05) is 9.47 Å². The molecule has 2 aromatic heterocycles. The summed E-state index contributed by atoms with van der Waals surface area (Å²) in [7, 11) is 2.06. The molecule has 4 aromatic rings. The first kappa shape index (κ1) is 26.5. The van der Waals surface area contributed by atoms with Gasteiger partial charge in [0, 0.05) is 63.9 Å². The lowest BCUT2D eigenvalue weighted by Gasteiger charge is -2.34. The zero-order valence-corrected chi connectivity index (χ0v) is 22.5. The van der Waals surface area contributed by atoms with Crippen LogP contribution in [0.4, 0.5) is 14.5 Å². The lowest BCUT2D eigenvalue weighted by atomic mass is 10.1. The van der Waals surface area contributed by atoms with Crippen LogP contribution in [-0.2, 0) is 17.7 Å². The Hall–Kier alpha value is -3.67. The average Bonchev–Trinajstić information content (AvgIpc) is 3.43. The number of ether oxygens (including phenoxy) is 1. The van der Waals surface area contributed by atoms with Gasteiger partial charge in [-0.1, -0.05) is 17.3 Å². The van der Waals surface area contributed by atoms with Crippen LogP contribution in [0.25, 0.3) is 22.3 Å².